The van der Waals surface area contributed by atoms with Gasteiger partial charge in [-0.15, -0.1) is 0 Å². The predicted octanol–water partition coefficient (Wildman–Crippen LogP) is 3.02. The van der Waals surface area contributed by atoms with Crippen LogP contribution in [0.2, 0.25) is 0 Å². The van der Waals surface area contributed by atoms with E-state index in [1.807, 2.05) is 16.9 Å². The van der Waals surface area contributed by atoms with Crippen LogP contribution in [0.1, 0.15) is 56.7 Å². The Bertz CT molecular complexity index is 753. The third-order valence-corrected chi connectivity index (χ3v) is 4.17. The molecule has 2 aromatic rings. The average molecular weight is 339 g/mol. The molecule has 0 unspecified atom stereocenters. The lowest BCUT2D eigenvalue weighted by atomic mass is 9.96. The van der Waals surface area contributed by atoms with Crippen LogP contribution in [0.25, 0.3) is 0 Å². The van der Waals surface area contributed by atoms with Crippen LogP contribution in [0.4, 0.5) is 0 Å². The zero-order valence-corrected chi connectivity index (χ0v) is 15.1. The minimum Gasteiger partial charge on any atom is -0.329 e. The van der Waals surface area contributed by atoms with E-state index >= 15 is 0 Å². The van der Waals surface area contributed by atoms with Gasteiger partial charge in [0.25, 0.3) is 0 Å². The fourth-order valence-electron chi connectivity index (χ4n) is 2.58. The van der Waals surface area contributed by atoms with Gasteiger partial charge in [0.1, 0.15) is 5.82 Å². The molecular formula is C19H25N5O. The van der Waals surface area contributed by atoms with Gasteiger partial charge >= 0.3 is 0 Å². The number of aromatic nitrogens is 4. The lowest BCUT2D eigenvalue weighted by molar-refractivity contribution is -0.127. The first-order valence-corrected chi connectivity index (χ1v) is 8.63. The summed E-state index contributed by atoms with van der Waals surface area (Å²) in [5.74, 6) is 0.668. The standard InChI is InChI=1S/C19H25N5O/c1-5-17(25)23(13-15-8-9-24(22-15)16-6-7-16)12-14-10-20-18(21-11-14)19(2,3)4/h5,8-11,16H,1,6-7,12-13H2,2-4H3. The number of carbonyl (C=O) groups excluding carboxylic acids is 1. The molecule has 1 aliphatic rings. The highest BCUT2D eigenvalue weighted by molar-refractivity contribution is 5.86. The second-order valence-electron chi connectivity index (χ2n) is 7.58. The highest BCUT2D eigenvalue weighted by Crippen LogP contribution is 2.34. The Morgan fingerprint density at radius 2 is 2.00 bits per heavy atom. The van der Waals surface area contributed by atoms with Gasteiger partial charge in [0.05, 0.1) is 18.3 Å². The Kier molecular flexibility index (Phi) is 4.70. The molecule has 0 atom stereocenters. The number of hydrogen-bond donors (Lipinski definition) is 0. The van der Waals surface area contributed by atoms with Crippen molar-refractivity contribution in [1.82, 2.24) is 24.6 Å². The second kappa shape index (κ2) is 6.78. The lowest BCUT2D eigenvalue weighted by Gasteiger charge is -2.21. The monoisotopic (exact) mass is 339 g/mol. The van der Waals surface area contributed by atoms with Crippen LogP contribution < -0.4 is 0 Å². The molecule has 0 aliphatic heterocycles. The fourth-order valence-corrected chi connectivity index (χ4v) is 2.58. The zero-order valence-electron chi connectivity index (χ0n) is 15.1. The number of rotatable bonds is 6. The van der Waals surface area contributed by atoms with E-state index < -0.39 is 0 Å². The van der Waals surface area contributed by atoms with E-state index in [0.29, 0.717) is 19.1 Å². The topological polar surface area (TPSA) is 63.9 Å². The summed E-state index contributed by atoms with van der Waals surface area (Å²) in [6.45, 7) is 10.7. The molecule has 1 aliphatic carbocycles. The Morgan fingerprint density at radius 3 is 2.56 bits per heavy atom. The maximum Gasteiger partial charge on any atom is 0.246 e. The third-order valence-electron chi connectivity index (χ3n) is 4.17. The Balaban J connectivity index is 1.71. The van der Waals surface area contributed by atoms with E-state index in [1.54, 1.807) is 17.3 Å². The van der Waals surface area contributed by atoms with Crippen LogP contribution in [0, 0.1) is 0 Å². The molecule has 0 spiro atoms. The van der Waals surface area contributed by atoms with Gasteiger partial charge in [0.15, 0.2) is 0 Å². The van der Waals surface area contributed by atoms with Gasteiger partial charge in [-0.25, -0.2) is 9.97 Å². The van der Waals surface area contributed by atoms with Crippen LogP contribution in [0.15, 0.2) is 37.3 Å². The highest BCUT2D eigenvalue weighted by Gasteiger charge is 2.24. The molecule has 1 fully saturated rings. The molecule has 2 heterocycles. The van der Waals surface area contributed by atoms with Crippen molar-refractivity contribution in [2.75, 3.05) is 0 Å². The Morgan fingerprint density at radius 1 is 1.32 bits per heavy atom. The molecule has 0 bridgehead atoms. The summed E-state index contributed by atoms with van der Waals surface area (Å²) >= 11 is 0. The summed E-state index contributed by atoms with van der Waals surface area (Å²) < 4.78 is 1.99. The zero-order chi connectivity index (χ0) is 18.0. The first-order chi connectivity index (χ1) is 11.9. The molecule has 1 amide bonds. The van der Waals surface area contributed by atoms with E-state index in [4.69, 9.17) is 0 Å². The van der Waals surface area contributed by atoms with E-state index in [-0.39, 0.29) is 11.3 Å². The number of nitrogens with zero attached hydrogens (tertiary/aromatic N) is 5. The van der Waals surface area contributed by atoms with Crippen molar-refractivity contribution >= 4 is 5.91 Å². The average Bonchev–Trinajstić information content (AvgIpc) is 3.33. The molecular weight excluding hydrogens is 314 g/mol. The molecule has 3 rings (SSSR count). The van der Waals surface area contributed by atoms with Crippen LogP contribution in [0.5, 0.6) is 0 Å². The number of carbonyl (C=O) groups is 1. The van der Waals surface area contributed by atoms with Gasteiger partial charge in [-0.2, -0.15) is 5.10 Å². The van der Waals surface area contributed by atoms with Crippen molar-refractivity contribution in [3.63, 3.8) is 0 Å². The Labute approximate surface area is 148 Å². The normalized spacial score (nSPS) is 14.4. The largest absolute Gasteiger partial charge is 0.329 e. The first kappa shape index (κ1) is 17.3. The van der Waals surface area contributed by atoms with Gasteiger partial charge in [0.2, 0.25) is 5.91 Å². The minimum atomic E-state index is -0.124. The summed E-state index contributed by atoms with van der Waals surface area (Å²) in [5, 5.41) is 4.57. The second-order valence-corrected chi connectivity index (χ2v) is 7.58. The van der Waals surface area contributed by atoms with Crippen LogP contribution in [-0.4, -0.2) is 30.6 Å². The molecule has 2 aromatic heterocycles. The quantitative estimate of drug-likeness (QED) is 0.759. The maximum absolute atomic E-state index is 12.2. The van der Waals surface area contributed by atoms with E-state index in [1.165, 1.54) is 18.9 Å². The summed E-state index contributed by atoms with van der Waals surface area (Å²) in [5.41, 5.74) is 1.68. The van der Waals surface area contributed by atoms with Crippen molar-refractivity contribution < 1.29 is 4.79 Å². The van der Waals surface area contributed by atoms with E-state index in [9.17, 15) is 4.79 Å². The molecule has 6 heteroatoms. The minimum absolute atomic E-state index is 0.0925. The van der Waals surface area contributed by atoms with Crippen LogP contribution in [-0.2, 0) is 23.3 Å². The van der Waals surface area contributed by atoms with Gasteiger partial charge in [-0.1, -0.05) is 27.4 Å². The summed E-state index contributed by atoms with van der Waals surface area (Å²) in [6.07, 6.45) is 9.29. The molecule has 6 nitrogen and oxygen atoms in total. The highest BCUT2D eigenvalue weighted by atomic mass is 16.2. The fraction of sp³-hybridized carbons (Fsp3) is 0.474. The predicted molar refractivity (Wildman–Crippen MR) is 95.7 cm³/mol. The molecule has 1 saturated carbocycles. The molecule has 0 radical (unpaired) electrons. The molecule has 0 N–H and O–H groups in total. The van der Waals surface area contributed by atoms with Crippen molar-refractivity contribution in [2.24, 2.45) is 0 Å². The van der Waals surface area contributed by atoms with Crippen molar-refractivity contribution in [2.45, 2.75) is 58.2 Å². The Hall–Kier alpha value is -2.50. The van der Waals surface area contributed by atoms with Gasteiger partial charge in [-0.05, 0) is 25.0 Å². The van der Waals surface area contributed by atoms with Crippen LogP contribution >= 0.6 is 0 Å². The van der Waals surface area contributed by atoms with Gasteiger partial charge < -0.3 is 4.90 Å². The smallest absolute Gasteiger partial charge is 0.246 e. The van der Waals surface area contributed by atoms with E-state index in [2.05, 4.69) is 42.4 Å². The van der Waals surface area contributed by atoms with Crippen LogP contribution in [0.3, 0.4) is 0 Å². The SMILES string of the molecule is C=CC(=O)N(Cc1cnc(C(C)(C)C)nc1)Cc1ccn(C2CC2)n1. The number of hydrogen-bond acceptors (Lipinski definition) is 4. The summed E-state index contributed by atoms with van der Waals surface area (Å²) in [6, 6.07) is 2.51. The molecule has 25 heavy (non-hydrogen) atoms. The molecule has 132 valence electrons. The maximum atomic E-state index is 12.2. The summed E-state index contributed by atoms with van der Waals surface area (Å²) in [4.78, 5) is 22.8. The van der Waals surface area contributed by atoms with Gasteiger partial charge in [0, 0.05) is 36.1 Å². The van der Waals surface area contributed by atoms with Crippen molar-refractivity contribution in [3.05, 3.63) is 54.4 Å². The van der Waals surface area contributed by atoms with E-state index in [0.717, 1.165) is 17.1 Å². The molecule has 0 saturated heterocycles. The van der Waals surface area contributed by atoms with Crippen molar-refractivity contribution in [1.29, 1.82) is 0 Å². The van der Waals surface area contributed by atoms with Gasteiger partial charge in [-0.3, -0.25) is 9.48 Å². The third kappa shape index (κ3) is 4.32. The molecule has 0 aromatic carbocycles. The summed E-state index contributed by atoms with van der Waals surface area (Å²) in [7, 11) is 0. The first-order valence-electron chi connectivity index (χ1n) is 8.63. The lowest BCUT2D eigenvalue weighted by Crippen LogP contribution is -2.29. The van der Waals surface area contributed by atoms with Crippen molar-refractivity contribution in [3.8, 4) is 0 Å². The number of amides is 1.